The van der Waals surface area contributed by atoms with Crippen molar-refractivity contribution in [2.24, 2.45) is 10.9 Å². The highest BCUT2D eigenvalue weighted by molar-refractivity contribution is 5.79. The van der Waals surface area contributed by atoms with Gasteiger partial charge in [-0.15, -0.1) is 0 Å². The Hall–Kier alpha value is -1.55. The number of hydrogen-bond donors (Lipinski definition) is 2. The van der Waals surface area contributed by atoms with E-state index in [2.05, 4.69) is 40.4 Å². The number of benzene rings is 1. The van der Waals surface area contributed by atoms with Crippen molar-refractivity contribution in [3.05, 3.63) is 35.9 Å². The van der Waals surface area contributed by atoms with E-state index in [0.717, 1.165) is 19.6 Å². The molecule has 0 spiro atoms. The van der Waals surface area contributed by atoms with Crippen LogP contribution < -0.4 is 5.73 Å². The van der Waals surface area contributed by atoms with Gasteiger partial charge in [0.25, 0.3) is 0 Å². The maximum Gasteiger partial charge on any atom is 0.140 e. The van der Waals surface area contributed by atoms with E-state index in [0.29, 0.717) is 18.2 Å². The van der Waals surface area contributed by atoms with Crippen LogP contribution in [0.2, 0.25) is 0 Å². The molecule has 17 heavy (non-hydrogen) atoms. The van der Waals surface area contributed by atoms with Crippen LogP contribution in [0.3, 0.4) is 0 Å². The number of oxime groups is 1. The number of hydrogen-bond acceptors (Lipinski definition) is 3. The highest BCUT2D eigenvalue weighted by Crippen LogP contribution is 2.26. The van der Waals surface area contributed by atoms with Crippen LogP contribution in [-0.4, -0.2) is 35.6 Å². The third-order valence-corrected chi connectivity index (χ3v) is 3.36. The highest BCUT2D eigenvalue weighted by Gasteiger charge is 2.23. The van der Waals surface area contributed by atoms with Crippen molar-refractivity contribution < 1.29 is 5.21 Å². The molecular formula is C13H19N3O. The third-order valence-electron chi connectivity index (χ3n) is 3.36. The monoisotopic (exact) mass is 233 g/mol. The molecule has 1 heterocycles. The Morgan fingerprint density at radius 3 is 2.88 bits per heavy atom. The van der Waals surface area contributed by atoms with Crippen molar-refractivity contribution in [3.8, 4) is 0 Å². The molecule has 4 heteroatoms. The van der Waals surface area contributed by atoms with Gasteiger partial charge < -0.3 is 15.8 Å². The van der Waals surface area contributed by atoms with Crippen molar-refractivity contribution in [3.63, 3.8) is 0 Å². The first-order valence-electron chi connectivity index (χ1n) is 6.03. The van der Waals surface area contributed by atoms with Gasteiger partial charge in [-0.1, -0.05) is 35.5 Å². The minimum Gasteiger partial charge on any atom is -0.409 e. The maximum atomic E-state index is 8.48. The largest absolute Gasteiger partial charge is 0.409 e. The molecule has 1 aliphatic rings. The quantitative estimate of drug-likeness (QED) is 0.359. The molecule has 0 bridgehead atoms. The smallest absolute Gasteiger partial charge is 0.140 e. The molecule has 2 rings (SSSR count). The number of rotatable bonds is 4. The molecule has 1 unspecified atom stereocenters. The first-order valence-corrected chi connectivity index (χ1v) is 6.03. The second kappa shape index (κ2) is 5.68. The lowest BCUT2D eigenvalue weighted by atomic mass is 9.99. The van der Waals surface area contributed by atoms with Crippen LogP contribution >= 0.6 is 0 Å². The summed E-state index contributed by atoms with van der Waals surface area (Å²) in [6, 6.07) is 10.6. The number of amidine groups is 1. The predicted molar refractivity (Wildman–Crippen MR) is 68.3 cm³/mol. The Bertz CT molecular complexity index is 378. The minimum atomic E-state index is 0.313. The van der Waals surface area contributed by atoms with E-state index in [1.54, 1.807) is 0 Å². The average Bonchev–Trinajstić information content (AvgIpc) is 2.86. The van der Waals surface area contributed by atoms with Gasteiger partial charge in [0.15, 0.2) is 0 Å². The van der Waals surface area contributed by atoms with Gasteiger partial charge in [-0.2, -0.15) is 0 Å². The predicted octanol–water partition coefficient (Wildman–Crippen LogP) is 1.61. The molecule has 92 valence electrons. The summed E-state index contributed by atoms with van der Waals surface area (Å²) in [5, 5.41) is 11.5. The van der Waals surface area contributed by atoms with Crippen molar-refractivity contribution in [1.29, 1.82) is 0 Å². The topological polar surface area (TPSA) is 61.8 Å². The van der Waals surface area contributed by atoms with E-state index in [4.69, 9.17) is 10.9 Å². The third kappa shape index (κ3) is 3.20. The molecule has 1 atom stereocenters. The first-order chi connectivity index (χ1) is 8.29. The standard InChI is InChI=1S/C13H19N3O/c14-13(15-17)7-9-16-8-6-12(10-16)11-4-2-1-3-5-11/h1-5,12,17H,6-10H2,(H2,14,15). The van der Waals surface area contributed by atoms with Gasteiger partial charge in [-0.25, -0.2) is 0 Å². The van der Waals surface area contributed by atoms with Gasteiger partial charge >= 0.3 is 0 Å². The Morgan fingerprint density at radius 2 is 2.18 bits per heavy atom. The van der Waals surface area contributed by atoms with E-state index in [9.17, 15) is 0 Å². The summed E-state index contributed by atoms with van der Waals surface area (Å²) in [6.07, 6.45) is 1.83. The van der Waals surface area contributed by atoms with Gasteiger partial charge in [0, 0.05) is 19.5 Å². The van der Waals surface area contributed by atoms with E-state index < -0.39 is 0 Å². The summed E-state index contributed by atoms with van der Waals surface area (Å²) in [4.78, 5) is 2.37. The fourth-order valence-corrected chi connectivity index (χ4v) is 2.36. The van der Waals surface area contributed by atoms with E-state index in [-0.39, 0.29) is 0 Å². The molecule has 1 saturated heterocycles. The minimum absolute atomic E-state index is 0.313. The Morgan fingerprint density at radius 1 is 1.41 bits per heavy atom. The molecule has 1 aliphatic heterocycles. The fraction of sp³-hybridized carbons (Fsp3) is 0.462. The second-order valence-electron chi connectivity index (χ2n) is 4.54. The van der Waals surface area contributed by atoms with Crippen LogP contribution in [-0.2, 0) is 0 Å². The van der Waals surface area contributed by atoms with Crippen LogP contribution in [0.15, 0.2) is 35.5 Å². The van der Waals surface area contributed by atoms with Crippen molar-refractivity contribution in [1.82, 2.24) is 4.90 Å². The molecule has 0 amide bonds. The lowest BCUT2D eigenvalue weighted by Gasteiger charge is -2.15. The Kier molecular flexibility index (Phi) is 3.98. The fourth-order valence-electron chi connectivity index (χ4n) is 2.36. The average molecular weight is 233 g/mol. The van der Waals surface area contributed by atoms with Crippen molar-refractivity contribution in [2.45, 2.75) is 18.8 Å². The SMILES string of the molecule is NC(CCN1CCC(c2ccccc2)C1)=NO. The second-order valence-corrected chi connectivity index (χ2v) is 4.54. The number of nitrogens with zero attached hydrogens (tertiary/aromatic N) is 2. The zero-order chi connectivity index (χ0) is 12.1. The molecule has 1 aromatic rings. The van der Waals surface area contributed by atoms with Gasteiger partial charge in [-0.3, -0.25) is 0 Å². The molecule has 0 aliphatic carbocycles. The Labute approximate surface area is 102 Å². The molecule has 4 nitrogen and oxygen atoms in total. The molecule has 1 aromatic carbocycles. The molecule has 0 radical (unpaired) electrons. The molecule has 3 N–H and O–H groups in total. The summed E-state index contributed by atoms with van der Waals surface area (Å²) in [5.74, 6) is 0.941. The van der Waals surface area contributed by atoms with Crippen LogP contribution in [0.25, 0.3) is 0 Å². The summed E-state index contributed by atoms with van der Waals surface area (Å²) in [7, 11) is 0. The lowest BCUT2D eigenvalue weighted by Crippen LogP contribution is -2.26. The Balaban J connectivity index is 1.84. The zero-order valence-corrected chi connectivity index (χ0v) is 9.92. The van der Waals surface area contributed by atoms with E-state index in [1.165, 1.54) is 12.0 Å². The number of likely N-dealkylation sites (tertiary alicyclic amines) is 1. The van der Waals surface area contributed by atoms with Crippen LogP contribution in [0.5, 0.6) is 0 Å². The highest BCUT2D eigenvalue weighted by atomic mass is 16.4. The van der Waals surface area contributed by atoms with Crippen molar-refractivity contribution in [2.75, 3.05) is 19.6 Å². The van der Waals surface area contributed by atoms with Crippen LogP contribution in [0.4, 0.5) is 0 Å². The van der Waals surface area contributed by atoms with E-state index >= 15 is 0 Å². The summed E-state index contributed by atoms with van der Waals surface area (Å²) < 4.78 is 0. The van der Waals surface area contributed by atoms with Gasteiger partial charge in [0.05, 0.1) is 0 Å². The summed E-state index contributed by atoms with van der Waals surface area (Å²) in [5.41, 5.74) is 6.89. The molecule has 0 saturated carbocycles. The van der Waals surface area contributed by atoms with E-state index in [1.807, 2.05) is 0 Å². The van der Waals surface area contributed by atoms with Crippen molar-refractivity contribution >= 4 is 5.84 Å². The van der Waals surface area contributed by atoms with Crippen LogP contribution in [0.1, 0.15) is 24.3 Å². The maximum absolute atomic E-state index is 8.48. The summed E-state index contributed by atoms with van der Waals surface area (Å²) in [6.45, 7) is 3.04. The number of nitrogens with two attached hydrogens (primary N) is 1. The van der Waals surface area contributed by atoms with Gasteiger partial charge in [0.1, 0.15) is 5.84 Å². The summed E-state index contributed by atoms with van der Waals surface area (Å²) >= 11 is 0. The normalized spacial score (nSPS) is 21.9. The molecule has 1 fully saturated rings. The molecule has 0 aromatic heterocycles. The lowest BCUT2D eigenvalue weighted by molar-refractivity contribution is 0.311. The molecular weight excluding hydrogens is 214 g/mol. The van der Waals surface area contributed by atoms with Gasteiger partial charge in [-0.05, 0) is 24.4 Å². The zero-order valence-electron chi connectivity index (χ0n) is 9.92. The van der Waals surface area contributed by atoms with Gasteiger partial charge in [0.2, 0.25) is 0 Å². The first kappa shape index (κ1) is 11.9. The van der Waals surface area contributed by atoms with Crippen LogP contribution in [0, 0.1) is 0 Å².